The number of carboxylic acid groups (broad SMARTS) is 1. The van der Waals surface area contributed by atoms with Gasteiger partial charge in [0.1, 0.15) is 35.7 Å². The highest BCUT2D eigenvalue weighted by Crippen LogP contribution is 2.39. The zero-order valence-corrected chi connectivity index (χ0v) is 35.8. The van der Waals surface area contributed by atoms with Crippen LogP contribution in [0.2, 0.25) is 0 Å². The molecule has 0 aromatic heterocycles. The molecule has 1 aliphatic rings. The number of nitrogens with zero attached hydrogens (tertiary/aromatic N) is 1. The van der Waals surface area contributed by atoms with E-state index in [1.165, 1.54) is 55.9 Å². The minimum atomic E-state index is -1.43. The Labute approximate surface area is 361 Å². The van der Waals surface area contributed by atoms with E-state index in [0.29, 0.717) is 30.5 Å². The number of benzene rings is 4. The Morgan fingerprint density at radius 1 is 0.839 bits per heavy atom. The summed E-state index contributed by atoms with van der Waals surface area (Å²) in [7, 11) is 1.37. The van der Waals surface area contributed by atoms with Crippen LogP contribution in [0.15, 0.2) is 84.9 Å². The van der Waals surface area contributed by atoms with Gasteiger partial charge in [0.25, 0.3) is 5.91 Å². The monoisotopic (exact) mass is 849 g/mol. The van der Waals surface area contributed by atoms with Gasteiger partial charge >= 0.3 is 5.97 Å². The summed E-state index contributed by atoms with van der Waals surface area (Å²) < 4.78 is 0. The fourth-order valence-corrected chi connectivity index (χ4v) is 7.30. The first-order valence-corrected chi connectivity index (χ1v) is 20.7. The summed E-state index contributed by atoms with van der Waals surface area (Å²) in [4.78, 5) is 81.4. The lowest BCUT2D eigenvalue weighted by molar-refractivity contribution is -0.368. The van der Waals surface area contributed by atoms with E-state index < -0.39 is 53.8 Å². The van der Waals surface area contributed by atoms with Gasteiger partial charge in [0.05, 0.1) is 6.54 Å². The van der Waals surface area contributed by atoms with Crippen LogP contribution in [0.4, 0.5) is 0 Å². The molecule has 1 aliphatic heterocycles. The van der Waals surface area contributed by atoms with Crippen molar-refractivity contribution in [3.8, 4) is 33.8 Å². The molecule has 0 aliphatic carbocycles. The number of quaternary nitrogens is 1. The SMILES string of the molecule is C[C@@H]1NC(=O)[C@@H](N(C)C(=O)[C@H](CCCC[NH3+])NC(=O)CCNC(=O)c2ccc(-c3ccc(C(C)(C)C)cc3)cc2)c2ccc(O)c(c2)-c2cc(ccc2O)C[C@@H](C(=O)O)NC1=O. The first-order valence-electron chi connectivity index (χ1n) is 20.7. The van der Waals surface area contributed by atoms with Gasteiger partial charge in [-0.2, -0.15) is 0 Å². The fraction of sp³-hybridized carbons (Fsp3) is 0.362. The van der Waals surface area contributed by atoms with Crippen LogP contribution < -0.4 is 27.0 Å². The van der Waals surface area contributed by atoms with Crippen molar-refractivity contribution >= 4 is 35.5 Å². The predicted molar refractivity (Wildman–Crippen MR) is 233 cm³/mol. The number of fused-ring (bicyclic) bond motifs is 5. The molecule has 5 rings (SSSR count). The number of carbonyl (C=O) groups is 6. The Hall–Kier alpha value is -6.74. The van der Waals surface area contributed by atoms with Gasteiger partial charge in [0, 0.05) is 43.1 Å². The molecule has 4 aromatic carbocycles. The second kappa shape index (κ2) is 20.2. The van der Waals surface area contributed by atoms with Crippen molar-refractivity contribution in [3.63, 3.8) is 0 Å². The van der Waals surface area contributed by atoms with Crippen molar-refractivity contribution in [2.75, 3.05) is 20.1 Å². The van der Waals surface area contributed by atoms with Crippen molar-refractivity contribution in [2.24, 2.45) is 0 Å². The van der Waals surface area contributed by atoms with Gasteiger partial charge in [-0.15, -0.1) is 0 Å². The van der Waals surface area contributed by atoms with Crippen LogP contribution in [0, 0.1) is 0 Å². The van der Waals surface area contributed by atoms with Crippen molar-refractivity contribution in [3.05, 3.63) is 107 Å². The van der Waals surface area contributed by atoms with Gasteiger partial charge in [0.15, 0.2) is 0 Å². The summed E-state index contributed by atoms with van der Waals surface area (Å²) in [6.07, 6.45) is 1.06. The first kappa shape index (κ1) is 46.3. The Morgan fingerprint density at radius 3 is 2.06 bits per heavy atom. The van der Waals surface area contributed by atoms with Gasteiger partial charge in [0.2, 0.25) is 23.6 Å². The summed E-state index contributed by atoms with van der Waals surface area (Å²) in [5, 5.41) is 42.3. The second-order valence-corrected chi connectivity index (χ2v) is 16.7. The zero-order valence-electron chi connectivity index (χ0n) is 35.8. The molecule has 0 spiro atoms. The van der Waals surface area contributed by atoms with Crippen molar-refractivity contribution < 1.29 is 49.8 Å². The van der Waals surface area contributed by atoms with Crippen LogP contribution in [0.1, 0.15) is 86.5 Å². The summed E-state index contributed by atoms with van der Waals surface area (Å²) in [5.41, 5.74) is 8.37. The number of phenolic OH excluding ortho intramolecular Hbond substituents is 2. The quantitative estimate of drug-likeness (QED) is 0.0916. The average molecular weight is 850 g/mol. The molecule has 4 aromatic rings. The van der Waals surface area contributed by atoms with Crippen LogP contribution in [-0.4, -0.2) is 94.0 Å². The molecule has 328 valence electrons. The van der Waals surface area contributed by atoms with Crippen LogP contribution in [0.5, 0.6) is 11.5 Å². The number of amides is 5. The van der Waals surface area contributed by atoms with Crippen molar-refractivity contribution in [1.82, 2.24) is 26.2 Å². The molecule has 1 heterocycles. The number of hydrogen-bond acceptors (Lipinski definition) is 8. The molecule has 0 fully saturated rings. The molecule has 15 heteroatoms. The number of unbranched alkanes of at least 4 members (excludes halogenated alkanes) is 1. The molecular weight excluding hydrogens is 793 g/mol. The fourth-order valence-electron chi connectivity index (χ4n) is 7.30. The number of nitrogens with one attached hydrogen (secondary N) is 4. The van der Waals surface area contributed by atoms with E-state index in [2.05, 4.69) is 72.0 Å². The van der Waals surface area contributed by atoms with E-state index in [4.69, 9.17) is 0 Å². The highest BCUT2D eigenvalue weighted by molar-refractivity contribution is 5.97. The standard InChI is InChI=1S/C47H56N6O9/c1-27-42(57)52-37(46(61)62)25-28-9-19-38(54)34(24-28)35-26-32(16-20-39(35)55)41(44(59)50-27)53(5)45(60)36(8-6-7-22-48)51-40(56)21-23-49-43(58)31-12-10-29(11-13-31)30-14-17-33(18-15-30)47(2,3)4/h9-20,24,26-27,36-37,41,54-55H,6-8,21-23,25,48H2,1-5H3,(H,49,58)(H,50,59)(H,51,56)(H,52,57)(H,61,62)/p+1/t27-,36-,37-,41-/m0/s1. The summed E-state index contributed by atoms with van der Waals surface area (Å²) >= 11 is 0. The van der Waals surface area contributed by atoms with E-state index in [1.807, 2.05) is 12.1 Å². The third-order valence-electron chi connectivity index (χ3n) is 11.0. The summed E-state index contributed by atoms with van der Waals surface area (Å²) in [6, 6.07) is 18.8. The highest BCUT2D eigenvalue weighted by Gasteiger charge is 2.36. The molecule has 4 atom stereocenters. The molecule has 62 heavy (non-hydrogen) atoms. The van der Waals surface area contributed by atoms with Gasteiger partial charge in [-0.25, -0.2) is 4.79 Å². The Bertz CT molecular complexity index is 2290. The largest absolute Gasteiger partial charge is 0.507 e. The maximum Gasteiger partial charge on any atom is 0.326 e. The lowest BCUT2D eigenvalue weighted by atomic mass is 9.86. The Balaban J connectivity index is 1.33. The molecule has 5 amide bonds. The molecular formula is C47H57N6O9+. The lowest BCUT2D eigenvalue weighted by Crippen LogP contribution is -2.55. The second-order valence-electron chi connectivity index (χ2n) is 16.7. The smallest absolute Gasteiger partial charge is 0.326 e. The highest BCUT2D eigenvalue weighted by atomic mass is 16.4. The van der Waals surface area contributed by atoms with E-state index in [-0.39, 0.29) is 65.3 Å². The van der Waals surface area contributed by atoms with Gasteiger partial charge in [-0.05, 0) is 95.8 Å². The number of carboxylic acids is 1. The Kier molecular flexibility index (Phi) is 15.1. The van der Waals surface area contributed by atoms with Gasteiger partial charge in [-0.1, -0.05) is 69.3 Å². The predicted octanol–water partition coefficient (Wildman–Crippen LogP) is 3.58. The van der Waals surface area contributed by atoms with Crippen LogP contribution >= 0.6 is 0 Å². The number of aliphatic carboxylic acids is 1. The molecule has 15 nitrogen and oxygen atoms in total. The maximum absolute atomic E-state index is 14.4. The number of hydrogen-bond donors (Lipinski definition) is 8. The Morgan fingerprint density at radius 2 is 1.45 bits per heavy atom. The van der Waals surface area contributed by atoms with E-state index in [0.717, 1.165) is 16.0 Å². The minimum Gasteiger partial charge on any atom is -0.507 e. The molecule has 0 radical (unpaired) electrons. The molecule has 0 saturated heterocycles. The third kappa shape index (κ3) is 11.5. The minimum absolute atomic E-state index is 0.0195. The molecule has 10 N–H and O–H groups in total. The first-order chi connectivity index (χ1) is 29.4. The summed E-state index contributed by atoms with van der Waals surface area (Å²) in [5.74, 6) is -4.95. The van der Waals surface area contributed by atoms with Gasteiger partial charge < -0.3 is 47.2 Å². The number of phenols is 2. The van der Waals surface area contributed by atoms with E-state index >= 15 is 0 Å². The van der Waals surface area contributed by atoms with Crippen LogP contribution in [-0.2, 0) is 35.8 Å². The summed E-state index contributed by atoms with van der Waals surface area (Å²) in [6.45, 7) is 8.40. The molecule has 0 saturated carbocycles. The number of aromatic hydroxyl groups is 2. The van der Waals surface area contributed by atoms with Gasteiger partial charge in [-0.3, -0.25) is 24.0 Å². The maximum atomic E-state index is 14.4. The normalized spacial score (nSPS) is 17.1. The molecule has 0 unspecified atom stereocenters. The van der Waals surface area contributed by atoms with E-state index in [1.54, 1.807) is 12.1 Å². The van der Waals surface area contributed by atoms with Crippen molar-refractivity contribution in [2.45, 2.75) is 89.4 Å². The average Bonchev–Trinajstić information content (AvgIpc) is 3.23. The lowest BCUT2D eigenvalue weighted by Gasteiger charge is -2.32. The topological polar surface area (TPSA) is 242 Å². The van der Waals surface area contributed by atoms with E-state index in [9.17, 15) is 44.1 Å². The number of likely N-dealkylation sites (N-methyl/N-ethyl adjacent to an activating group) is 1. The van der Waals surface area contributed by atoms with Crippen LogP contribution in [0.25, 0.3) is 22.3 Å². The number of carbonyl (C=O) groups excluding carboxylic acids is 5. The molecule has 4 bridgehead atoms. The third-order valence-corrected chi connectivity index (χ3v) is 11.0. The number of rotatable bonds is 13. The van der Waals surface area contributed by atoms with Crippen molar-refractivity contribution in [1.29, 1.82) is 0 Å². The van der Waals surface area contributed by atoms with Crippen LogP contribution in [0.3, 0.4) is 0 Å². The zero-order chi connectivity index (χ0) is 45.3.